The summed E-state index contributed by atoms with van der Waals surface area (Å²) < 4.78 is 5.13. The molecule has 3 aromatic rings. The Labute approximate surface area is 153 Å². The summed E-state index contributed by atoms with van der Waals surface area (Å²) in [4.78, 5) is 22.6. The fourth-order valence-electron chi connectivity index (χ4n) is 2.42. The molecule has 0 aliphatic heterocycles. The van der Waals surface area contributed by atoms with E-state index in [1.165, 1.54) is 18.3 Å². The first-order chi connectivity index (χ1) is 13.0. The number of hydrogen-bond acceptors (Lipinski definition) is 7. The number of nitro benzene ring substituents is 1. The maximum Gasteiger partial charge on any atom is 0.311 e. The minimum absolute atomic E-state index is 0.245. The Hall–Kier alpha value is -4.01. The first kappa shape index (κ1) is 17.8. The van der Waals surface area contributed by atoms with E-state index in [0.29, 0.717) is 17.0 Å². The molecular weight excluding hydrogens is 352 g/mol. The van der Waals surface area contributed by atoms with Crippen LogP contribution in [-0.2, 0) is 0 Å². The van der Waals surface area contributed by atoms with Crippen molar-refractivity contribution in [3.8, 4) is 17.0 Å². The normalized spacial score (nSPS) is 10.9. The van der Waals surface area contributed by atoms with Crippen LogP contribution in [0.4, 0.5) is 5.69 Å². The number of hydrazone groups is 1. The molecule has 0 unspecified atom stereocenters. The van der Waals surface area contributed by atoms with Crippen molar-refractivity contribution < 1.29 is 19.3 Å². The third-order valence-electron chi connectivity index (χ3n) is 3.71. The fourth-order valence-corrected chi connectivity index (χ4v) is 2.42. The van der Waals surface area contributed by atoms with Gasteiger partial charge >= 0.3 is 5.69 Å². The van der Waals surface area contributed by atoms with Gasteiger partial charge in [0.05, 0.1) is 11.1 Å². The number of carbonyl (C=O) groups is 1. The highest BCUT2D eigenvalue weighted by molar-refractivity contribution is 6.01. The van der Waals surface area contributed by atoms with Crippen LogP contribution in [0.3, 0.4) is 0 Å². The quantitative estimate of drug-likeness (QED) is 0.405. The van der Waals surface area contributed by atoms with Gasteiger partial charge in [-0.3, -0.25) is 14.9 Å². The van der Waals surface area contributed by atoms with E-state index in [9.17, 15) is 20.0 Å². The predicted molar refractivity (Wildman–Crippen MR) is 96.5 cm³/mol. The van der Waals surface area contributed by atoms with Crippen LogP contribution in [0.5, 0.6) is 5.75 Å². The first-order valence-electron chi connectivity index (χ1n) is 7.80. The molecule has 0 fully saturated rings. The second-order valence-electron chi connectivity index (χ2n) is 5.53. The zero-order valence-corrected chi connectivity index (χ0v) is 14.1. The predicted octanol–water partition coefficient (Wildman–Crippen LogP) is 3.03. The van der Waals surface area contributed by atoms with Gasteiger partial charge in [0.25, 0.3) is 5.91 Å². The molecule has 9 nitrogen and oxygen atoms in total. The van der Waals surface area contributed by atoms with Gasteiger partial charge in [-0.2, -0.15) is 5.10 Å². The number of carbonyl (C=O) groups excluding carboxylic acids is 1. The van der Waals surface area contributed by atoms with Crippen molar-refractivity contribution in [1.29, 1.82) is 0 Å². The van der Waals surface area contributed by atoms with E-state index >= 15 is 0 Å². The molecule has 0 saturated carbocycles. The molecule has 9 heteroatoms. The van der Waals surface area contributed by atoms with Gasteiger partial charge in [0.2, 0.25) is 0 Å². The first-order valence-corrected chi connectivity index (χ1v) is 7.80. The standard InChI is InChI=1S/C18H14N4O5/c1-11-16(17(21-27-11)13-5-3-2-4-6-13)18(24)20-19-10-12-7-8-15(23)14(9-12)22(25)26/h2-10,23H,1H3,(H,20,24)/b19-10+. The zero-order chi connectivity index (χ0) is 19.4. The Bertz CT molecular complexity index is 1030. The molecule has 1 amide bonds. The fraction of sp³-hybridized carbons (Fsp3) is 0.0556. The van der Waals surface area contributed by atoms with Gasteiger partial charge in [-0.15, -0.1) is 0 Å². The summed E-state index contributed by atoms with van der Waals surface area (Å²) in [6.07, 6.45) is 1.23. The Morgan fingerprint density at radius 1 is 1.30 bits per heavy atom. The average molecular weight is 366 g/mol. The largest absolute Gasteiger partial charge is 0.502 e. The third-order valence-corrected chi connectivity index (χ3v) is 3.71. The van der Waals surface area contributed by atoms with Crippen LogP contribution in [-0.4, -0.2) is 27.3 Å². The molecule has 1 aromatic heterocycles. The molecule has 0 aliphatic rings. The molecule has 2 N–H and O–H groups in total. The van der Waals surface area contributed by atoms with Gasteiger partial charge < -0.3 is 9.63 Å². The van der Waals surface area contributed by atoms with Gasteiger partial charge in [0.15, 0.2) is 5.75 Å². The molecule has 0 aliphatic carbocycles. The molecule has 0 bridgehead atoms. The lowest BCUT2D eigenvalue weighted by atomic mass is 10.1. The summed E-state index contributed by atoms with van der Waals surface area (Å²) in [6.45, 7) is 1.61. The lowest BCUT2D eigenvalue weighted by molar-refractivity contribution is -0.385. The average Bonchev–Trinajstić information content (AvgIpc) is 3.05. The van der Waals surface area contributed by atoms with E-state index in [2.05, 4.69) is 15.7 Å². The van der Waals surface area contributed by atoms with E-state index in [4.69, 9.17) is 4.52 Å². The maximum atomic E-state index is 12.5. The number of phenols is 1. The van der Waals surface area contributed by atoms with Gasteiger partial charge in [-0.1, -0.05) is 35.5 Å². The number of aryl methyl sites for hydroxylation is 1. The SMILES string of the molecule is Cc1onc(-c2ccccc2)c1C(=O)N/N=C/c1ccc(O)c([N+](=O)[O-])c1. The van der Waals surface area contributed by atoms with Crippen LogP contribution < -0.4 is 5.43 Å². The summed E-state index contributed by atoms with van der Waals surface area (Å²) in [5.41, 5.74) is 3.59. The summed E-state index contributed by atoms with van der Waals surface area (Å²) in [5.74, 6) is -0.646. The molecule has 2 aromatic carbocycles. The Morgan fingerprint density at radius 2 is 2.04 bits per heavy atom. The topological polar surface area (TPSA) is 131 Å². The number of nitrogens with one attached hydrogen (secondary N) is 1. The van der Waals surface area contributed by atoms with Gasteiger partial charge in [-0.25, -0.2) is 5.43 Å². The Morgan fingerprint density at radius 3 is 2.74 bits per heavy atom. The van der Waals surface area contributed by atoms with Gasteiger partial charge in [0, 0.05) is 17.2 Å². The van der Waals surface area contributed by atoms with E-state index in [1.54, 1.807) is 19.1 Å². The van der Waals surface area contributed by atoms with E-state index in [0.717, 1.165) is 11.6 Å². The van der Waals surface area contributed by atoms with Crippen molar-refractivity contribution in [3.05, 3.63) is 75.5 Å². The number of nitrogens with zero attached hydrogens (tertiary/aromatic N) is 3. The highest BCUT2D eigenvalue weighted by Crippen LogP contribution is 2.26. The third kappa shape index (κ3) is 3.82. The minimum Gasteiger partial charge on any atom is -0.502 e. The van der Waals surface area contributed by atoms with Crippen molar-refractivity contribution in [3.63, 3.8) is 0 Å². The van der Waals surface area contributed by atoms with E-state index < -0.39 is 22.3 Å². The zero-order valence-electron chi connectivity index (χ0n) is 14.1. The van der Waals surface area contributed by atoms with E-state index in [1.807, 2.05) is 18.2 Å². The van der Waals surface area contributed by atoms with Crippen LogP contribution in [0.15, 0.2) is 58.2 Å². The second-order valence-corrected chi connectivity index (χ2v) is 5.53. The number of hydrogen-bond donors (Lipinski definition) is 2. The van der Waals surface area contributed by atoms with Crippen molar-refractivity contribution >= 4 is 17.8 Å². The number of nitro groups is 1. The number of benzene rings is 2. The molecule has 136 valence electrons. The summed E-state index contributed by atoms with van der Waals surface area (Å²) in [6, 6.07) is 12.8. The van der Waals surface area contributed by atoms with Gasteiger partial charge in [-0.05, 0) is 19.1 Å². The molecule has 0 atom stereocenters. The lowest BCUT2D eigenvalue weighted by Gasteiger charge is -2.02. The second kappa shape index (κ2) is 7.48. The summed E-state index contributed by atoms with van der Waals surface area (Å²) in [7, 11) is 0. The van der Waals surface area contributed by atoms with Crippen LogP contribution in [0, 0.1) is 17.0 Å². The van der Waals surface area contributed by atoms with Crippen molar-refractivity contribution in [2.45, 2.75) is 6.92 Å². The Balaban J connectivity index is 1.79. The summed E-state index contributed by atoms with van der Waals surface area (Å²) >= 11 is 0. The van der Waals surface area contributed by atoms with Gasteiger partial charge in [0.1, 0.15) is 17.0 Å². The molecule has 0 spiro atoms. The maximum absolute atomic E-state index is 12.5. The van der Waals surface area contributed by atoms with Crippen molar-refractivity contribution in [2.75, 3.05) is 0 Å². The number of aromatic nitrogens is 1. The molecule has 0 radical (unpaired) electrons. The Kier molecular flexibility index (Phi) is 4.93. The number of rotatable bonds is 5. The van der Waals surface area contributed by atoms with Crippen LogP contribution in [0.2, 0.25) is 0 Å². The number of aromatic hydroxyl groups is 1. The summed E-state index contributed by atoms with van der Waals surface area (Å²) in [5, 5.41) is 28.0. The van der Waals surface area contributed by atoms with Crippen LogP contribution >= 0.6 is 0 Å². The van der Waals surface area contributed by atoms with E-state index in [-0.39, 0.29) is 5.56 Å². The number of amides is 1. The van der Waals surface area contributed by atoms with Crippen molar-refractivity contribution in [2.24, 2.45) is 5.10 Å². The molecular formula is C18H14N4O5. The molecule has 27 heavy (non-hydrogen) atoms. The smallest absolute Gasteiger partial charge is 0.311 e. The van der Waals surface area contributed by atoms with Crippen LogP contribution in [0.25, 0.3) is 11.3 Å². The monoisotopic (exact) mass is 366 g/mol. The molecule has 1 heterocycles. The van der Waals surface area contributed by atoms with Crippen molar-refractivity contribution in [1.82, 2.24) is 10.6 Å². The molecule has 0 saturated heterocycles. The highest BCUT2D eigenvalue weighted by atomic mass is 16.6. The number of phenolic OH excluding ortho intramolecular Hbond substituents is 1. The highest BCUT2D eigenvalue weighted by Gasteiger charge is 2.21. The van der Waals surface area contributed by atoms with Crippen LogP contribution in [0.1, 0.15) is 21.7 Å². The molecule has 3 rings (SSSR count). The lowest BCUT2D eigenvalue weighted by Crippen LogP contribution is -2.18. The minimum atomic E-state index is -0.710.